The quantitative estimate of drug-likeness (QED) is 0.217. The molecule has 0 saturated heterocycles. The van der Waals surface area contributed by atoms with E-state index in [1.54, 1.807) is 7.11 Å². The summed E-state index contributed by atoms with van der Waals surface area (Å²) in [6, 6.07) is 20.2. The van der Waals surface area contributed by atoms with Gasteiger partial charge in [0.25, 0.3) is 0 Å². The molecule has 1 heterocycles. The Morgan fingerprint density at radius 2 is 1.67 bits per heavy atom. The molecule has 1 aliphatic rings. The first-order valence-corrected chi connectivity index (χ1v) is 13.3. The van der Waals surface area contributed by atoms with Crippen LogP contribution in [0.2, 0.25) is 5.02 Å². The van der Waals surface area contributed by atoms with Crippen molar-refractivity contribution in [2.45, 2.75) is 57.0 Å². The second-order valence-corrected chi connectivity index (χ2v) is 10.2. The average Bonchev–Trinajstić information content (AvgIpc) is 3.63. The maximum atomic E-state index is 13.4. The molecule has 204 valence electrons. The second kappa shape index (κ2) is 11.8. The van der Waals surface area contributed by atoms with E-state index in [9.17, 15) is 13.2 Å². The van der Waals surface area contributed by atoms with E-state index in [0.717, 1.165) is 54.7 Å². The first-order chi connectivity index (χ1) is 18.8. The number of ether oxygens (including phenoxy) is 1. The van der Waals surface area contributed by atoms with E-state index >= 15 is 0 Å². The molecule has 10 heteroatoms. The molecule has 0 radical (unpaired) electrons. The molecule has 1 aliphatic carbocycles. The highest BCUT2D eigenvalue weighted by atomic mass is 35.5. The molecule has 6 nitrogen and oxygen atoms in total. The molecule has 0 spiro atoms. The highest BCUT2D eigenvalue weighted by Gasteiger charge is 2.34. The van der Waals surface area contributed by atoms with Gasteiger partial charge in [-0.2, -0.15) is 13.2 Å². The van der Waals surface area contributed by atoms with Crippen molar-refractivity contribution in [1.82, 2.24) is 25.1 Å². The minimum atomic E-state index is -4.43. The maximum absolute atomic E-state index is 13.4. The van der Waals surface area contributed by atoms with Gasteiger partial charge in [0.15, 0.2) is 5.82 Å². The summed E-state index contributed by atoms with van der Waals surface area (Å²) >= 11 is 6.58. The molecule has 1 saturated carbocycles. The van der Waals surface area contributed by atoms with Crippen LogP contribution in [0.5, 0.6) is 5.75 Å². The molecule has 1 unspecified atom stereocenters. The van der Waals surface area contributed by atoms with Crippen LogP contribution in [0.25, 0.3) is 0 Å². The Bertz CT molecular complexity index is 1370. The van der Waals surface area contributed by atoms with Crippen molar-refractivity contribution in [2.75, 3.05) is 7.11 Å². The SMILES string of the molecule is COc1ccc(CN(Cc2ccccc2Cl)C(c2ccc(C(F)(F)F)cc2)c2nnnn2C2CCCC2)cc1. The summed E-state index contributed by atoms with van der Waals surface area (Å²) in [6.45, 7) is 0.896. The number of hydrogen-bond acceptors (Lipinski definition) is 5. The van der Waals surface area contributed by atoms with E-state index in [2.05, 4.69) is 20.4 Å². The van der Waals surface area contributed by atoms with Crippen LogP contribution in [0, 0.1) is 0 Å². The molecule has 1 atom stereocenters. The highest BCUT2D eigenvalue weighted by Crippen LogP contribution is 2.37. The third-order valence-electron chi connectivity index (χ3n) is 7.23. The summed E-state index contributed by atoms with van der Waals surface area (Å²) in [4.78, 5) is 2.16. The number of alkyl halides is 3. The lowest BCUT2D eigenvalue weighted by molar-refractivity contribution is -0.137. The van der Waals surface area contributed by atoms with E-state index in [1.165, 1.54) is 12.1 Å². The third kappa shape index (κ3) is 6.25. The van der Waals surface area contributed by atoms with Crippen LogP contribution >= 0.6 is 11.6 Å². The summed E-state index contributed by atoms with van der Waals surface area (Å²) < 4.78 is 47.5. The molecule has 0 amide bonds. The van der Waals surface area contributed by atoms with Gasteiger partial charge in [-0.25, -0.2) is 4.68 Å². The molecule has 0 bridgehead atoms. The zero-order valence-electron chi connectivity index (χ0n) is 21.5. The van der Waals surface area contributed by atoms with E-state index in [4.69, 9.17) is 16.3 Å². The van der Waals surface area contributed by atoms with Gasteiger partial charge in [-0.1, -0.05) is 66.9 Å². The highest BCUT2D eigenvalue weighted by molar-refractivity contribution is 6.31. The number of methoxy groups -OCH3 is 1. The third-order valence-corrected chi connectivity index (χ3v) is 7.60. The minimum Gasteiger partial charge on any atom is -0.497 e. The molecular weight excluding hydrogens is 527 g/mol. The largest absolute Gasteiger partial charge is 0.497 e. The molecule has 0 N–H and O–H groups in total. The fraction of sp³-hybridized carbons (Fsp3) is 0.345. The summed E-state index contributed by atoms with van der Waals surface area (Å²) in [5.74, 6) is 1.34. The van der Waals surface area contributed by atoms with Crippen LogP contribution < -0.4 is 4.74 Å². The van der Waals surface area contributed by atoms with Gasteiger partial charge in [-0.05, 0) is 70.3 Å². The second-order valence-electron chi connectivity index (χ2n) is 9.79. The Hall–Kier alpha value is -3.43. The van der Waals surface area contributed by atoms with Gasteiger partial charge in [0.05, 0.1) is 24.8 Å². The maximum Gasteiger partial charge on any atom is 0.416 e. The van der Waals surface area contributed by atoms with Crippen LogP contribution in [0.15, 0.2) is 72.8 Å². The fourth-order valence-electron chi connectivity index (χ4n) is 5.22. The Labute approximate surface area is 230 Å². The smallest absolute Gasteiger partial charge is 0.416 e. The minimum absolute atomic E-state index is 0.148. The van der Waals surface area contributed by atoms with E-state index in [0.29, 0.717) is 29.5 Å². The van der Waals surface area contributed by atoms with Gasteiger partial charge in [0.1, 0.15) is 5.75 Å². The van der Waals surface area contributed by atoms with Crippen molar-refractivity contribution in [3.05, 3.63) is 106 Å². The average molecular weight is 556 g/mol. The topological polar surface area (TPSA) is 56.1 Å². The van der Waals surface area contributed by atoms with Gasteiger partial charge in [-0.15, -0.1) is 5.10 Å². The number of tetrazole rings is 1. The molecule has 4 aromatic rings. The molecular formula is C29H29ClF3N5O. The van der Waals surface area contributed by atoms with Crippen molar-refractivity contribution >= 4 is 11.6 Å². The number of hydrogen-bond donors (Lipinski definition) is 0. The summed E-state index contributed by atoms with van der Waals surface area (Å²) in [5.41, 5.74) is 1.86. The Balaban J connectivity index is 1.61. The Kier molecular flexibility index (Phi) is 8.18. The number of rotatable bonds is 9. The predicted molar refractivity (Wildman–Crippen MR) is 142 cm³/mol. The van der Waals surface area contributed by atoms with Gasteiger partial charge in [-0.3, -0.25) is 4.90 Å². The van der Waals surface area contributed by atoms with Crippen LogP contribution in [0.1, 0.15) is 65.8 Å². The molecule has 1 aromatic heterocycles. The molecule has 39 heavy (non-hydrogen) atoms. The lowest BCUT2D eigenvalue weighted by Crippen LogP contribution is -2.32. The molecule has 5 rings (SSSR count). The lowest BCUT2D eigenvalue weighted by Gasteiger charge is -2.32. The molecule has 3 aromatic carbocycles. The van der Waals surface area contributed by atoms with E-state index < -0.39 is 17.8 Å². The normalized spacial score (nSPS) is 15.1. The first-order valence-electron chi connectivity index (χ1n) is 12.9. The number of nitrogens with zero attached hydrogens (tertiary/aromatic N) is 5. The summed E-state index contributed by atoms with van der Waals surface area (Å²) in [7, 11) is 1.61. The number of aromatic nitrogens is 4. The lowest BCUT2D eigenvalue weighted by atomic mass is 10.00. The van der Waals surface area contributed by atoms with Gasteiger partial charge >= 0.3 is 6.18 Å². The first kappa shape index (κ1) is 27.1. The van der Waals surface area contributed by atoms with Crippen LogP contribution in [0.4, 0.5) is 13.2 Å². The van der Waals surface area contributed by atoms with E-state index in [-0.39, 0.29) is 6.04 Å². The summed E-state index contributed by atoms with van der Waals surface area (Å²) in [5, 5.41) is 13.4. The number of halogens is 4. The monoisotopic (exact) mass is 555 g/mol. The fourth-order valence-corrected chi connectivity index (χ4v) is 5.41. The van der Waals surface area contributed by atoms with Gasteiger partial charge < -0.3 is 4.74 Å². The van der Waals surface area contributed by atoms with Crippen molar-refractivity contribution in [2.24, 2.45) is 0 Å². The standard InChI is InChI=1S/C29H29ClF3N5O/c1-39-25-16-10-20(11-17-25)18-37(19-22-6-2-5-9-26(22)30)27(21-12-14-23(15-13-21)29(31,32)33)28-34-35-36-38(28)24-7-3-4-8-24/h2,5-6,9-17,24,27H,3-4,7-8,18-19H2,1H3. The van der Waals surface area contributed by atoms with Crippen LogP contribution in [-0.2, 0) is 19.3 Å². The molecule has 0 aliphatic heterocycles. The molecule has 1 fully saturated rings. The van der Waals surface area contributed by atoms with Crippen molar-refractivity contribution < 1.29 is 17.9 Å². The zero-order chi connectivity index (χ0) is 27.4. The Morgan fingerprint density at radius 3 is 2.31 bits per heavy atom. The zero-order valence-corrected chi connectivity index (χ0v) is 22.2. The number of benzene rings is 3. The van der Waals surface area contributed by atoms with Crippen molar-refractivity contribution in [3.63, 3.8) is 0 Å². The van der Waals surface area contributed by atoms with Gasteiger partial charge in [0.2, 0.25) is 0 Å². The van der Waals surface area contributed by atoms with E-state index in [1.807, 2.05) is 53.2 Å². The summed E-state index contributed by atoms with van der Waals surface area (Å²) in [6.07, 6.45) is -0.338. The van der Waals surface area contributed by atoms with Crippen LogP contribution in [0.3, 0.4) is 0 Å². The van der Waals surface area contributed by atoms with Crippen LogP contribution in [-0.4, -0.2) is 32.2 Å². The van der Waals surface area contributed by atoms with Crippen molar-refractivity contribution in [3.8, 4) is 5.75 Å². The Morgan fingerprint density at radius 1 is 0.974 bits per heavy atom. The van der Waals surface area contributed by atoms with Gasteiger partial charge in [0, 0.05) is 18.1 Å². The van der Waals surface area contributed by atoms with Crippen molar-refractivity contribution in [1.29, 1.82) is 0 Å². The predicted octanol–water partition coefficient (Wildman–Crippen LogP) is 7.26.